The van der Waals surface area contributed by atoms with Gasteiger partial charge in [0, 0.05) is 29.1 Å². The summed E-state index contributed by atoms with van der Waals surface area (Å²) in [5, 5.41) is 28.3. The fraction of sp³-hybridized carbons (Fsp3) is 0.526. The van der Waals surface area contributed by atoms with Gasteiger partial charge in [0.05, 0.1) is 23.9 Å². The molecule has 3 rings (SSSR count). The molecule has 2 heterocycles. The minimum Gasteiger partial charge on any atom is -0.388 e. The third-order valence-electron chi connectivity index (χ3n) is 5.67. The predicted molar refractivity (Wildman–Crippen MR) is 99.4 cm³/mol. The number of nitriles is 1. The number of carbonyl (C=O) groups is 1. The third-order valence-corrected chi connectivity index (χ3v) is 5.89. The van der Waals surface area contributed by atoms with E-state index in [1.165, 1.54) is 0 Å². The van der Waals surface area contributed by atoms with E-state index in [0.29, 0.717) is 18.1 Å². The molecule has 26 heavy (non-hydrogen) atoms. The summed E-state index contributed by atoms with van der Waals surface area (Å²) in [6.07, 6.45) is 2.51. The topological polar surface area (TPSA) is 93.0 Å². The van der Waals surface area contributed by atoms with Crippen molar-refractivity contribution in [2.24, 2.45) is 11.3 Å². The lowest BCUT2D eigenvalue weighted by atomic mass is 9.68. The van der Waals surface area contributed by atoms with E-state index in [1.54, 1.807) is 17.2 Å². The van der Waals surface area contributed by atoms with Crippen molar-refractivity contribution in [2.45, 2.75) is 39.2 Å². The molecule has 1 fully saturated rings. The van der Waals surface area contributed by atoms with Crippen molar-refractivity contribution in [3.63, 3.8) is 0 Å². The van der Waals surface area contributed by atoms with Gasteiger partial charge < -0.3 is 10.0 Å². The molecule has 0 bridgehead atoms. The number of halogens is 1. The average Bonchev–Trinajstić information content (AvgIpc) is 3.09. The summed E-state index contributed by atoms with van der Waals surface area (Å²) >= 11 is 6.22. The molecule has 6 nitrogen and oxygen atoms in total. The zero-order chi connectivity index (χ0) is 18.9. The Hall–Kier alpha value is -2.10. The van der Waals surface area contributed by atoms with Crippen molar-refractivity contribution >= 4 is 28.4 Å². The maximum atomic E-state index is 11.9. The van der Waals surface area contributed by atoms with Crippen LogP contribution in [-0.4, -0.2) is 39.2 Å². The van der Waals surface area contributed by atoms with Gasteiger partial charge in [0.25, 0.3) is 0 Å². The van der Waals surface area contributed by atoms with E-state index in [-0.39, 0.29) is 18.2 Å². The number of carbonyl (C=O) groups excluding carboxylic acids is 1. The number of fused-ring (bicyclic) bond motifs is 1. The molecule has 138 valence electrons. The first-order chi connectivity index (χ1) is 12.3. The van der Waals surface area contributed by atoms with Gasteiger partial charge in [-0.2, -0.15) is 10.4 Å². The maximum absolute atomic E-state index is 11.9. The minimum atomic E-state index is -0.712. The summed E-state index contributed by atoms with van der Waals surface area (Å²) in [7, 11) is 0. The van der Waals surface area contributed by atoms with Gasteiger partial charge in [-0.3, -0.25) is 9.89 Å². The normalized spacial score (nSPS) is 17.3. The Morgan fingerprint density at radius 2 is 2.19 bits per heavy atom. The van der Waals surface area contributed by atoms with Crippen LogP contribution in [0.1, 0.15) is 44.8 Å². The molecule has 0 aliphatic carbocycles. The Morgan fingerprint density at radius 1 is 1.50 bits per heavy atom. The lowest BCUT2D eigenvalue weighted by Crippen LogP contribution is -2.43. The lowest BCUT2D eigenvalue weighted by molar-refractivity contribution is -0.132. The van der Waals surface area contributed by atoms with Gasteiger partial charge in [0.15, 0.2) is 0 Å². The largest absolute Gasteiger partial charge is 0.388 e. The van der Waals surface area contributed by atoms with E-state index in [9.17, 15) is 9.90 Å². The van der Waals surface area contributed by atoms with E-state index >= 15 is 0 Å². The van der Waals surface area contributed by atoms with Crippen LogP contribution < -0.4 is 0 Å². The highest BCUT2D eigenvalue weighted by atomic mass is 35.5. The molecule has 2 aromatic rings. The Labute approximate surface area is 157 Å². The number of aliphatic hydroxyl groups is 1. The van der Waals surface area contributed by atoms with Gasteiger partial charge in [0.1, 0.15) is 6.42 Å². The fourth-order valence-corrected chi connectivity index (χ4v) is 4.17. The van der Waals surface area contributed by atoms with Crippen molar-refractivity contribution in [1.82, 2.24) is 15.1 Å². The van der Waals surface area contributed by atoms with Crippen molar-refractivity contribution in [2.75, 3.05) is 13.1 Å². The standard InChI is InChI=1S/C19H23ClN4O2/c1-19(2,13-4-7-24(8-5-13)16(25)3-6-21)18(26)15-10-14(20)9-12-11-22-23-17(12)15/h9-11,13,18,26H,3-5,7-8H2,1-2H3,(H,22,23)/t18-/m0/s1. The van der Waals surface area contributed by atoms with Gasteiger partial charge in [0.2, 0.25) is 5.91 Å². The SMILES string of the molecule is CC(C)(C1CCN(C(=O)CC#N)CC1)[C@@H](O)c1cc(Cl)cc2cn[nH]c12. The number of rotatable bonds is 4. The van der Waals surface area contributed by atoms with Crippen LogP contribution in [0.15, 0.2) is 18.3 Å². The van der Waals surface area contributed by atoms with E-state index in [2.05, 4.69) is 24.0 Å². The van der Waals surface area contributed by atoms with Gasteiger partial charge >= 0.3 is 0 Å². The highest BCUT2D eigenvalue weighted by Crippen LogP contribution is 2.46. The average molecular weight is 375 g/mol. The van der Waals surface area contributed by atoms with Gasteiger partial charge in [-0.05, 0) is 36.3 Å². The van der Waals surface area contributed by atoms with Crippen LogP contribution in [0.25, 0.3) is 10.9 Å². The number of hydrogen-bond donors (Lipinski definition) is 2. The highest BCUT2D eigenvalue weighted by molar-refractivity contribution is 6.31. The molecule has 0 saturated carbocycles. The summed E-state index contributed by atoms with van der Waals surface area (Å²) in [6.45, 7) is 5.35. The summed E-state index contributed by atoms with van der Waals surface area (Å²) < 4.78 is 0. The van der Waals surface area contributed by atoms with Gasteiger partial charge in [-0.1, -0.05) is 25.4 Å². The summed E-state index contributed by atoms with van der Waals surface area (Å²) in [5.41, 5.74) is 1.15. The summed E-state index contributed by atoms with van der Waals surface area (Å²) in [4.78, 5) is 13.6. The second-order valence-corrected chi connectivity index (χ2v) is 7.98. The van der Waals surface area contributed by atoms with Gasteiger partial charge in [-0.15, -0.1) is 0 Å². The second-order valence-electron chi connectivity index (χ2n) is 7.54. The number of likely N-dealkylation sites (tertiary alicyclic amines) is 1. The van der Waals surface area contributed by atoms with E-state index in [1.807, 2.05) is 12.1 Å². The Bertz CT molecular complexity index is 847. The smallest absolute Gasteiger partial charge is 0.236 e. The first-order valence-electron chi connectivity index (χ1n) is 8.80. The van der Waals surface area contributed by atoms with Crippen LogP contribution in [-0.2, 0) is 4.79 Å². The molecule has 1 saturated heterocycles. The zero-order valence-electron chi connectivity index (χ0n) is 15.0. The van der Waals surface area contributed by atoms with Crippen LogP contribution in [0.2, 0.25) is 5.02 Å². The maximum Gasteiger partial charge on any atom is 0.236 e. The predicted octanol–water partition coefficient (Wildman–Crippen LogP) is 3.43. The highest BCUT2D eigenvalue weighted by Gasteiger charge is 2.40. The first kappa shape index (κ1) is 18.7. The van der Waals surface area contributed by atoms with Gasteiger partial charge in [-0.25, -0.2) is 0 Å². The number of aromatic nitrogens is 2. The summed E-state index contributed by atoms with van der Waals surface area (Å²) in [5.74, 6) is 0.138. The molecule has 7 heteroatoms. The van der Waals surface area contributed by atoms with Crippen LogP contribution in [0.5, 0.6) is 0 Å². The third kappa shape index (κ3) is 3.42. The number of H-pyrrole nitrogens is 1. The number of nitrogens with zero attached hydrogens (tertiary/aromatic N) is 3. The van der Waals surface area contributed by atoms with Crippen molar-refractivity contribution < 1.29 is 9.90 Å². The molecule has 1 amide bonds. The number of aliphatic hydroxyl groups excluding tert-OH is 1. The molecule has 1 aliphatic rings. The first-order valence-corrected chi connectivity index (χ1v) is 9.17. The van der Waals surface area contributed by atoms with Crippen LogP contribution in [0, 0.1) is 22.7 Å². The van der Waals surface area contributed by atoms with Crippen LogP contribution in [0.3, 0.4) is 0 Å². The van der Waals surface area contributed by atoms with Crippen molar-refractivity contribution in [3.05, 3.63) is 28.9 Å². The Kier molecular flexibility index (Phi) is 5.22. The van der Waals surface area contributed by atoms with Crippen molar-refractivity contribution in [3.8, 4) is 6.07 Å². The monoisotopic (exact) mass is 374 g/mol. The molecular formula is C19H23ClN4O2. The molecule has 1 atom stereocenters. The molecule has 0 unspecified atom stereocenters. The number of aromatic amines is 1. The number of hydrogen-bond acceptors (Lipinski definition) is 4. The van der Waals surface area contributed by atoms with Crippen LogP contribution >= 0.6 is 11.6 Å². The molecule has 2 N–H and O–H groups in total. The number of piperidine rings is 1. The lowest BCUT2D eigenvalue weighted by Gasteiger charge is -2.43. The summed E-state index contributed by atoms with van der Waals surface area (Å²) in [6, 6.07) is 5.53. The van der Waals surface area contributed by atoms with E-state index in [4.69, 9.17) is 16.9 Å². The quantitative estimate of drug-likeness (QED) is 0.857. The number of nitrogens with one attached hydrogen (secondary N) is 1. The Balaban J connectivity index is 1.79. The number of benzene rings is 1. The molecular weight excluding hydrogens is 352 g/mol. The molecule has 1 aromatic heterocycles. The molecule has 0 spiro atoms. The zero-order valence-corrected chi connectivity index (χ0v) is 15.8. The fourth-order valence-electron chi connectivity index (χ4n) is 3.94. The molecule has 0 radical (unpaired) electrons. The second kappa shape index (κ2) is 7.26. The number of amides is 1. The molecule has 1 aliphatic heterocycles. The minimum absolute atomic E-state index is 0.0724. The van der Waals surface area contributed by atoms with E-state index < -0.39 is 11.5 Å². The molecule has 1 aromatic carbocycles. The van der Waals surface area contributed by atoms with E-state index in [0.717, 1.165) is 29.3 Å². The van der Waals surface area contributed by atoms with Crippen molar-refractivity contribution in [1.29, 1.82) is 5.26 Å². The Morgan fingerprint density at radius 3 is 2.85 bits per heavy atom. The van der Waals surface area contributed by atoms with Crippen LogP contribution in [0.4, 0.5) is 0 Å².